The van der Waals surface area contributed by atoms with Gasteiger partial charge in [-0.2, -0.15) is 0 Å². The lowest BCUT2D eigenvalue weighted by molar-refractivity contribution is 0.104. The highest BCUT2D eigenvalue weighted by Crippen LogP contribution is 2.30. The van der Waals surface area contributed by atoms with E-state index in [1.54, 1.807) is 11.5 Å². The topological polar surface area (TPSA) is 60.7 Å². The first-order valence-corrected chi connectivity index (χ1v) is 7.65. The molecule has 98 valence electrons. The van der Waals surface area contributed by atoms with E-state index < -0.39 is 0 Å². The van der Waals surface area contributed by atoms with Crippen molar-refractivity contribution in [2.75, 3.05) is 0 Å². The Balaban J connectivity index is 1.68. The molecule has 5 nitrogen and oxygen atoms in total. The number of hydrogen-bond acceptors (Lipinski definition) is 5. The molecule has 2 aromatic rings. The zero-order valence-corrected chi connectivity index (χ0v) is 12.4. The molecule has 1 saturated carbocycles. The minimum atomic E-state index is -0.117. The predicted molar refractivity (Wildman–Crippen MR) is 76.1 cm³/mol. The van der Waals surface area contributed by atoms with E-state index in [0.717, 1.165) is 0 Å². The molecule has 0 aromatic carbocycles. The van der Waals surface area contributed by atoms with Crippen LogP contribution in [0.4, 0.5) is 0 Å². The van der Waals surface area contributed by atoms with Crippen molar-refractivity contribution in [2.45, 2.75) is 25.3 Å². The molecule has 1 fully saturated rings. The molecular formula is C12H11BrN4OS. The van der Waals surface area contributed by atoms with Crippen molar-refractivity contribution in [1.82, 2.24) is 20.0 Å². The van der Waals surface area contributed by atoms with Gasteiger partial charge in [-0.05, 0) is 47.3 Å². The molecule has 0 spiro atoms. The van der Waals surface area contributed by atoms with Crippen LogP contribution in [-0.4, -0.2) is 25.8 Å². The van der Waals surface area contributed by atoms with Crippen molar-refractivity contribution < 1.29 is 4.79 Å². The molecule has 0 aliphatic heterocycles. The largest absolute Gasteiger partial charge is 0.287 e. The summed E-state index contributed by atoms with van der Waals surface area (Å²) in [5, 5.41) is 10.4. The van der Waals surface area contributed by atoms with Crippen LogP contribution in [0.3, 0.4) is 0 Å². The van der Waals surface area contributed by atoms with Gasteiger partial charge in [0.2, 0.25) is 5.78 Å². The van der Waals surface area contributed by atoms with Crippen LogP contribution in [0.1, 0.15) is 40.8 Å². The molecular weight excluding hydrogens is 328 g/mol. The van der Waals surface area contributed by atoms with Gasteiger partial charge in [0.05, 0.1) is 12.2 Å². The molecule has 0 N–H and O–H groups in total. The van der Waals surface area contributed by atoms with Crippen LogP contribution < -0.4 is 0 Å². The summed E-state index contributed by atoms with van der Waals surface area (Å²) >= 11 is 4.54. The quantitative estimate of drug-likeness (QED) is 0.634. The Labute approximate surface area is 122 Å². The van der Waals surface area contributed by atoms with E-state index in [1.165, 1.54) is 36.7 Å². The second kappa shape index (κ2) is 5.34. The Bertz CT molecular complexity index is 629. The standard InChI is InChI=1S/C12H11BrN4OS/c13-11-7-19-12(14-11)10(18)5-4-8-6-17(16-15-8)9-2-1-3-9/h4-7,9H,1-3H2/b5-4+. The molecule has 0 atom stereocenters. The first-order valence-electron chi connectivity index (χ1n) is 5.97. The number of halogens is 1. The van der Waals surface area contributed by atoms with E-state index in [9.17, 15) is 4.79 Å². The van der Waals surface area contributed by atoms with Crippen molar-refractivity contribution in [3.05, 3.63) is 33.0 Å². The number of rotatable bonds is 4. The Morgan fingerprint density at radius 3 is 3.00 bits per heavy atom. The van der Waals surface area contributed by atoms with Gasteiger partial charge in [-0.3, -0.25) is 4.79 Å². The Morgan fingerprint density at radius 2 is 2.37 bits per heavy atom. The van der Waals surface area contributed by atoms with Crippen LogP contribution in [0, 0.1) is 0 Å². The molecule has 7 heteroatoms. The summed E-state index contributed by atoms with van der Waals surface area (Å²) in [6.07, 6.45) is 8.63. The van der Waals surface area contributed by atoms with Crippen molar-refractivity contribution in [1.29, 1.82) is 0 Å². The van der Waals surface area contributed by atoms with Crippen LogP contribution in [0.5, 0.6) is 0 Å². The first-order chi connectivity index (χ1) is 9.22. The second-order valence-electron chi connectivity index (χ2n) is 4.38. The summed E-state index contributed by atoms with van der Waals surface area (Å²) in [5.74, 6) is -0.117. The predicted octanol–water partition coefficient (Wildman–Crippen LogP) is 3.12. The number of carbonyl (C=O) groups is 1. The summed E-state index contributed by atoms with van der Waals surface area (Å²) in [4.78, 5) is 15.9. The van der Waals surface area contributed by atoms with Gasteiger partial charge in [-0.25, -0.2) is 9.67 Å². The molecule has 0 radical (unpaired) electrons. The van der Waals surface area contributed by atoms with Crippen molar-refractivity contribution in [3.63, 3.8) is 0 Å². The molecule has 19 heavy (non-hydrogen) atoms. The average molecular weight is 339 g/mol. The number of nitrogens with zero attached hydrogens (tertiary/aromatic N) is 4. The summed E-state index contributed by atoms with van der Waals surface area (Å²) in [6.45, 7) is 0. The van der Waals surface area contributed by atoms with Crippen LogP contribution in [0.2, 0.25) is 0 Å². The fourth-order valence-corrected chi connectivity index (χ4v) is 2.97. The smallest absolute Gasteiger partial charge is 0.214 e. The molecule has 2 heterocycles. The van der Waals surface area contributed by atoms with Gasteiger partial charge in [0.25, 0.3) is 0 Å². The summed E-state index contributed by atoms with van der Waals surface area (Å²) in [5.41, 5.74) is 0.705. The van der Waals surface area contributed by atoms with E-state index in [1.807, 2.05) is 10.9 Å². The van der Waals surface area contributed by atoms with Gasteiger partial charge in [0.1, 0.15) is 10.3 Å². The number of ketones is 1. The molecule has 0 bridgehead atoms. The normalized spacial score (nSPS) is 15.8. The van der Waals surface area contributed by atoms with Gasteiger partial charge in [0.15, 0.2) is 5.01 Å². The van der Waals surface area contributed by atoms with Gasteiger partial charge < -0.3 is 0 Å². The number of thiazole rings is 1. The Morgan fingerprint density at radius 1 is 1.53 bits per heavy atom. The molecule has 0 saturated heterocycles. The number of carbonyl (C=O) groups excluding carboxylic acids is 1. The highest BCUT2D eigenvalue weighted by atomic mass is 79.9. The van der Waals surface area contributed by atoms with Crippen molar-refractivity contribution in [2.24, 2.45) is 0 Å². The van der Waals surface area contributed by atoms with E-state index in [4.69, 9.17) is 0 Å². The van der Waals surface area contributed by atoms with E-state index >= 15 is 0 Å². The number of allylic oxidation sites excluding steroid dienone is 1. The molecule has 0 unspecified atom stereocenters. The first kappa shape index (κ1) is 12.7. The lowest BCUT2D eigenvalue weighted by Crippen LogP contribution is -2.17. The second-order valence-corrected chi connectivity index (χ2v) is 6.05. The molecule has 1 aliphatic carbocycles. The maximum Gasteiger partial charge on any atom is 0.214 e. The minimum Gasteiger partial charge on any atom is -0.287 e. The lowest BCUT2D eigenvalue weighted by atomic mass is 9.93. The molecule has 2 aromatic heterocycles. The third-order valence-electron chi connectivity index (χ3n) is 3.07. The minimum absolute atomic E-state index is 0.117. The third-order valence-corrected chi connectivity index (χ3v) is 4.64. The summed E-state index contributed by atoms with van der Waals surface area (Å²) in [6, 6.07) is 0.486. The molecule has 1 aliphatic rings. The molecule has 3 rings (SSSR count). The van der Waals surface area contributed by atoms with Crippen LogP contribution in [-0.2, 0) is 0 Å². The fraction of sp³-hybridized carbons (Fsp3) is 0.333. The molecule has 0 amide bonds. The van der Waals surface area contributed by atoms with Crippen molar-refractivity contribution >= 4 is 39.1 Å². The number of aromatic nitrogens is 4. The summed E-state index contributed by atoms with van der Waals surface area (Å²) in [7, 11) is 0. The zero-order valence-electron chi connectivity index (χ0n) is 9.99. The zero-order chi connectivity index (χ0) is 13.2. The maximum absolute atomic E-state index is 11.8. The maximum atomic E-state index is 11.8. The van der Waals surface area contributed by atoms with E-state index in [-0.39, 0.29) is 5.78 Å². The number of hydrogen-bond donors (Lipinski definition) is 0. The van der Waals surface area contributed by atoms with Gasteiger partial charge in [0, 0.05) is 5.38 Å². The van der Waals surface area contributed by atoms with Crippen LogP contribution in [0.15, 0.2) is 22.3 Å². The SMILES string of the molecule is O=C(/C=C/c1cn(C2CCC2)nn1)c1nc(Br)cs1. The Kier molecular flexibility index (Phi) is 3.56. The van der Waals surface area contributed by atoms with Gasteiger partial charge in [-0.1, -0.05) is 5.21 Å². The van der Waals surface area contributed by atoms with Crippen molar-refractivity contribution in [3.8, 4) is 0 Å². The fourth-order valence-electron chi connectivity index (χ4n) is 1.80. The summed E-state index contributed by atoms with van der Waals surface area (Å²) < 4.78 is 2.57. The monoisotopic (exact) mass is 338 g/mol. The Hall–Kier alpha value is -1.34. The van der Waals surface area contributed by atoms with E-state index in [0.29, 0.717) is 21.3 Å². The van der Waals surface area contributed by atoms with E-state index in [2.05, 4.69) is 31.2 Å². The lowest BCUT2D eigenvalue weighted by Gasteiger charge is -2.24. The van der Waals surface area contributed by atoms with Gasteiger partial charge in [-0.15, -0.1) is 16.4 Å². The van der Waals surface area contributed by atoms with Crippen LogP contribution in [0.25, 0.3) is 6.08 Å². The average Bonchev–Trinajstić information content (AvgIpc) is 2.93. The van der Waals surface area contributed by atoms with Gasteiger partial charge >= 0.3 is 0 Å². The highest BCUT2D eigenvalue weighted by Gasteiger charge is 2.20. The third kappa shape index (κ3) is 2.82. The highest BCUT2D eigenvalue weighted by molar-refractivity contribution is 9.10. The van der Waals surface area contributed by atoms with Crippen LogP contribution >= 0.6 is 27.3 Å².